The van der Waals surface area contributed by atoms with Crippen molar-refractivity contribution in [2.75, 3.05) is 11.9 Å². The van der Waals surface area contributed by atoms with Gasteiger partial charge in [-0.3, -0.25) is 4.79 Å². The van der Waals surface area contributed by atoms with Crippen LogP contribution in [0.25, 0.3) is 0 Å². The number of nitrogens with zero attached hydrogens (tertiary/aromatic N) is 2. The molecule has 0 saturated heterocycles. The van der Waals surface area contributed by atoms with Gasteiger partial charge in [0, 0.05) is 23.2 Å². The molecule has 0 bridgehead atoms. The zero-order valence-corrected chi connectivity index (χ0v) is 21.0. The van der Waals surface area contributed by atoms with Crippen LogP contribution in [0.5, 0.6) is 0 Å². The maximum absolute atomic E-state index is 13.5. The first kappa shape index (κ1) is 25.4. The van der Waals surface area contributed by atoms with Gasteiger partial charge in [-0.05, 0) is 73.5 Å². The van der Waals surface area contributed by atoms with Crippen LogP contribution in [0.3, 0.4) is 0 Å². The highest BCUT2D eigenvalue weighted by atomic mass is 32.1. The number of thiophene rings is 1. The molecule has 0 aliphatic heterocycles. The highest BCUT2D eigenvalue weighted by Gasteiger charge is 2.26. The number of urea groups is 1. The maximum Gasteiger partial charge on any atom is 0.322 e. The normalized spacial score (nSPS) is 11.7. The molecular weight excluding hydrogens is 449 g/mol. The minimum absolute atomic E-state index is 0.0434. The lowest BCUT2D eigenvalue weighted by Gasteiger charge is -2.31. The Kier molecular flexibility index (Phi) is 8.82. The predicted octanol–water partition coefficient (Wildman–Crippen LogP) is 6.37. The molecule has 1 atom stereocenters. The van der Waals surface area contributed by atoms with Crippen molar-refractivity contribution in [1.82, 2.24) is 9.80 Å². The van der Waals surface area contributed by atoms with Crippen molar-refractivity contribution in [3.05, 3.63) is 87.4 Å². The molecule has 34 heavy (non-hydrogen) atoms. The van der Waals surface area contributed by atoms with E-state index in [0.29, 0.717) is 13.1 Å². The number of hydrogen-bond acceptors (Lipinski definition) is 3. The summed E-state index contributed by atoms with van der Waals surface area (Å²) in [6.45, 7) is 8.63. The Labute approximate surface area is 205 Å². The summed E-state index contributed by atoms with van der Waals surface area (Å²) >= 11 is 1.58. The quantitative estimate of drug-likeness (QED) is 0.386. The van der Waals surface area contributed by atoms with E-state index < -0.39 is 0 Å². The molecule has 0 saturated carbocycles. The monoisotopic (exact) mass is 481 g/mol. The average molecular weight is 482 g/mol. The Hall–Kier alpha value is -3.19. The van der Waals surface area contributed by atoms with Crippen LogP contribution in [0, 0.1) is 19.7 Å². The second kappa shape index (κ2) is 11.8. The molecule has 1 N–H and O–H groups in total. The molecule has 0 aliphatic carbocycles. The molecular formula is C27H32FN3O2S. The zero-order valence-electron chi connectivity index (χ0n) is 20.2. The zero-order chi connectivity index (χ0) is 24.7. The summed E-state index contributed by atoms with van der Waals surface area (Å²) in [6.07, 6.45) is 0.719. The maximum atomic E-state index is 13.5. The number of carbonyl (C=O) groups excluding carboxylic acids is 2. The molecule has 1 unspecified atom stereocenters. The summed E-state index contributed by atoms with van der Waals surface area (Å²) in [4.78, 5) is 31.1. The number of rotatable bonds is 9. The summed E-state index contributed by atoms with van der Waals surface area (Å²) in [7, 11) is 0. The third kappa shape index (κ3) is 6.67. The Bertz CT molecular complexity index is 1100. The van der Waals surface area contributed by atoms with Crippen LogP contribution >= 0.6 is 11.3 Å². The van der Waals surface area contributed by atoms with Gasteiger partial charge in [-0.1, -0.05) is 37.3 Å². The fourth-order valence-corrected chi connectivity index (χ4v) is 4.32. The second-order valence-corrected chi connectivity index (χ2v) is 9.55. The van der Waals surface area contributed by atoms with Crippen molar-refractivity contribution in [3.8, 4) is 0 Å². The molecule has 0 spiro atoms. The highest BCUT2D eigenvalue weighted by Crippen LogP contribution is 2.20. The molecule has 3 rings (SSSR count). The number of amides is 3. The van der Waals surface area contributed by atoms with Gasteiger partial charge in [0.15, 0.2) is 0 Å². The predicted molar refractivity (Wildman–Crippen MR) is 136 cm³/mol. The van der Waals surface area contributed by atoms with Crippen LogP contribution in [-0.2, 0) is 17.9 Å². The van der Waals surface area contributed by atoms with Crippen molar-refractivity contribution < 1.29 is 14.0 Å². The van der Waals surface area contributed by atoms with Crippen LogP contribution < -0.4 is 5.32 Å². The van der Waals surface area contributed by atoms with Gasteiger partial charge in [0.2, 0.25) is 5.91 Å². The van der Waals surface area contributed by atoms with Crippen molar-refractivity contribution in [3.63, 3.8) is 0 Å². The molecule has 3 aromatic rings. The van der Waals surface area contributed by atoms with Gasteiger partial charge in [-0.15, -0.1) is 11.3 Å². The summed E-state index contributed by atoms with van der Waals surface area (Å²) in [5.74, 6) is -0.472. The minimum Gasteiger partial charge on any atom is -0.332 e. The molecule has 0 fully saturated rings. The summed E-state index contributed by atoms with van der Waals surface area (Å²) in [5.41, 5.74) is 3.67. The first-order chi connectivity index (χ1) is 16.3. The third-order valence-corrected chi connectivity index (χ3v) is 6.96. The van der Waals surface area contributed by atoms with Gasteiger partial charge in [0.05, 0.1) is 6.54 Å². The Morgan fingerprint density at radius 1 is 1.03 bits per heavy atom. The highest BCUT2D eigenvalue weighted by molar-refractivity contribution is 7.09. The summed E-state index contributed by atoms with van der Waals surface area (Å²) < 4.78 is 13.4. The largest absolute Gasteiger partial charge is 0.332 e. The number of benzene rings is 2. The van der Waals surface area contributed by atoms with Crippen molar-refractivity contribution in [2.45, 2.75) is 53.2 Å². The minimum atomic E-state index is -0.314. The van der Waals surface area contributed by atoms with Crippen LogP contribution in [-0.4, -0.2) is 34.3 Å². The number of anilines is 1. The average Bonchev–Trinajstić information content (AvgIpc) is 3.34. The number of halogens is 1. The smallest absolute Gasteiger partial charge is 0.322 e. The Balaban J connectivity index is 1.80. The first-order valence-electron chi connectivity index (χ1n) is 11.5. The lowest BCUT2D eigenvalue weighted by atomic mass is 10.1. The van der Waals surface area contributed by atoms with E-state index in [0.717, 1.165) is 33.7 Å². The van der Waals surface area contributed by atoms with E-state index in [4.69, 9.17) is 0 Å². The van der Waals surface area contributed by atoms with Crippen LogP contribution in [0.4, 0.5) is 14.9 Å². The number of carbonyl (C=O) groups is 2. The summed E-state index contributed by atoms with van der Waals surface area (Å²) in [5, 5.41) is 4.96. The van der Waals surface area contributed by atoms with Crippen LogP contribution in [0.1, 0.15) is 41.8 Å². The van der Waals surface area contributed by atoms with Crippen LogP contribution in [0.15, 0.2) is 60.0 Å². The Morgan fingerprint density at radius 3 is 2.41 bits per heavy atom. The van der Waals surface area contributed by atoms with Crippen molar-refractivity contribution in [2.24, 2.45) is 0 Å². The second-order valence-electron chi connectivity index (χ2n) is 8.52. The van der Waals surface area contributed by atoms with E-state index >= 15 is 0 Å². The van der Waals surface area contributed by atoms with E-state index in [1.165, 1.54) is 12.1 Å². The fraction of sp³-hybridized carbons (Fsp3) is 0.333. The van der Waals surface area contributed by atoms with E-state index in [1.807, 2.05) is 63.4 Å². The van der Waals surface area contributed by atoms with Gasteiger partial charge >= 0.3 is 6.03 Å². The van der Waals surface area contributed by atoms with Crippen LogP contribution in [0.2, 0.25) is 0 Å². The van der Waals surface area contributed by atoms with Gasteiger partial charge < -0.3 is 15.1 Å². The molecule has 2 aromatic carbocycles. The van der Waals surface area contributed by atoms with Crippen molar-refractivity contribution in [1.29, 1.82) is 0 Å². The number of nitrogens with one attached hydrogen (secondary N) is 1. The Morgan fingerprint density at radius 2 is 1.76 bits per heavy atom. The fourth-order valence-electron chi connectivity index (χ4n) is 3.60. The number of aryl methyl sites for hydroxylation is 1. The van der Waals surface area contributed by atoms with E-state index in [9.17, 15) is 14.0 Å². The third-order valence-electron chi connectivity index (χ3n) is 6.10. The molecule has 3 amide bonds. The standard InChI is InChI=1S/C27H32FN3O2S/c1-5-20(3)31(27(33)29-25-10-6-8-19(2)21(25)4)18-26(32)30(17-24-9-7-15-34-24)16-22-11-13-23(28)14-12-22/h6-15,20H,5,16-18H2,1-4H3,(H,29,33). The molecule has 180 valence electrons. The first-order valence-corrected chi connectivity index (χ1v) is 12.3. The molecule has 7 heteroatoms. The molecule has 0 aliphatic rings. The molecule has 0 radical (unpaired) electrons. The lowest BCUT2D eigenvalue weighted by molar-refractivity contribution is -0.133. The summed E-state index contributed by atoms with van der Waals surface area (Å²) in [6, 6.07) is 15.4. The van der Waals surface area contributed by atoms with Crippen molar-refractivity contribution >= 4 is 29.0 Å². The van der Waals surface area contributed by atoms with E-state index in [1.54, 1.807) is 33.3 Å². The lowest BCUT2D eigenvalue weighted by Crippen LogP contribution is -2.47. The van der Waals surface area contributed by atoms with E-state index in [2.05, 4.69) is 5.32 Å². The molecule has 1 heterocycles. The van der Waals surface area contributed by atoms with Gasteiger partial charge in [-0.2, -0.15) is 0 Å². The SMILES string of the molecule is CCC(C)N(CC(=O)N(Cc1ccc(F)cc1)Cc1cccs1)C(=O)Nc1cccc(C)c1C. The van der Waals surface area contributed by atoms with E-state index in [-0.39, 0.29) is 30.3 Å². The molecule has 1 aromatic heterocycles. The van der Waals surface area contributed by atoms with Gasteiger partial charge in [0.1, 0.15) is 12.4 Å². The number of hydrogen-bond donors (Lipinski definition) is 1. The van der Waals surface area contributed by atoms with Gasteiger partial charge in [-0.25, -0.2) is 9.18 Å². The topological polar surface area (TPSA) is 52.7 Å². The molecule has 5 nitrogen and oxygen atoms in total. The van der Waals surface area contributed by atoms with Gasteiger partial charge in [0.25, 0.3) is 0 Å².